The molecule has 0 aliphatic heterocycles. The first-order valence-electron chi connectivity index (χ1n) is 9.46. The maximum Gasteiger partial charge on any atom is 0.318 e. The number of aromatic nitrogens is 3. The molecule has 0 fully saturated rings. The van der Waals surface area contributed by atoms with Gasteiger partial charge in [-0.2, -0.15) is 0 Å². The number of urea groups is 1. The van der Waals surface area contributed by atoms with Gasteiger partial charge in [-0.1, -0.05) is 76.7 Å². The Labute approximate surface area is 176 Å². The number of hydrogen-bond donors (Lipinski definition) is 2. The summed E-state index contributed by atoms with van der Waals surface area (Å²) in [4.78, 5) is 23.4. The summed E-state index contributed by atoms with van der Waals surface area (Å²) in [6.45, 7) is 14.6. The van der Waals surface area contributed by atoms with E-state index in [-0.39, 0.29) is 11.3 Å². The quantitative estimate of drug-likeness (QED) is 0.530. The van der Waals surface area contributed by atoms with E-state index in [0.29, 0.717) is 17.5 Å². The standard InChI is InChI=1S/C21H29N5O2S/c1-7-12-26-17(14-8-10-15(11-9-14)21(4,5)6)24-25-20(26)29-16(13(2)3)18(27)23-19(22)28/h7-11,13,16H,1,12H2,2-6H3,(H3,22,23,27,28)/t16-/m0/s1. The lowest BCUT2D eigenvalue weighted by molar-refractivity contribution is -0.120. The molecule has 0 radical (unpaired) electrons. The van der Waals surface area contributed by atoms with Crippen LogP contribution in [0.15, 0.2) is 42.1 Å². The second-order valence-electron chi connectivity index (χ2n) is 8.17. The third kappa shape index (κ3) is 5.69. The molecule has 0 saturated carbocycles. The van der Waals surface area contributed by atoms with Gasteiger partial charge in [0.05, 0.1) is 5.25 Å². The molecule has 3 amide bonds. The van der Waals surface area contributed by atoms with E-state index in [1.165, 1.54) is 17.3 Å². The van der Waals surface area contributed by atoms with Crippen LogP contribution in [0, 0.1) is 5.92 Å². The van der Waals surface area contributed by atoms with Crippen LogP contribution in [-0.4, -0.2) is 32.0 Å². The molecule has 8 heteroatoms. The zero-order valence-corrected chi connectivity index (χ0v) is 18.4. The van der Waals surface area contributed by atoms with Crippen LogP contribution in [0.4, 0.5) is 4.79 Å². The molecule has 2 aromatic rings. The highest BCUT2D eigenvalue weighted by atomic mass is 32.2. The summed E-state index contributed by atoms with van der Waals surface area (Å²) in [5.41, 5.74) is 7.32. The van der Waals surface area contributed by atoms with Crippen molar-refractivity contribution in [3.8, 4) is 11.4 Å². The fourth-order valence-electron chi connectivity index (χ4n) is 2.80. The van der Waals surface area contributed by atoms with E-state index in [1.807, 2.05) is 30.5 Å². The number of allylic oxidation sites excluding steroid dienone is 1. The number of amides is 3. The SMILES string of the molecule is C=CCn1c(S[C@H](C(=O)NC(N)=O)C(C)C)nnc1-c1ccc(C(C)(C)C)cc1. The third-order valence-corrected chi connectivity index (χ3v) is 5.91. The minimum Gasteiger partial charge on any atom is -0.351 e. The summed E-state index contributed by atoms with van der Waals surface area (Å²) in [6.07, 6.45) is 1.76. The van der Waals surface area contributed by atoms with Gasteiger partial charge in [0.15, 0.2) is 11.0 Å². The van der Waals surface area contributed by atoms with Crippen LogP contribution in [0.5, 0.6) is 0 Å². The minimum atomic E-state index is -0.867. The lowest BCUT2D eigenvalue weighted by Crippen LogP contribution is -2.42. The molecule has 7 nitrogen and oxygen atoms in total. The van der Waals surface area contributed by atoms with Crippen molar-refractivity contribution in [2.24, 2.45) is 11.7 Å². The number of thioether (sulfide) groups is 1. The fourth-order valence-corrected chi connectivity index (χ4v) is 3.84. The number of hydrogen-bond acceptors (Lipinski definition) is 5. The Kier molecular flexibility index (Phi) is 7.24. The largest absolute Gasteiger partial charge is 0.351 e. The lowest BCUT2D eigenvalue weighted by atomic mass is 9.87. The Balaban J connectivity index is 2.37. The topological polar surface area (TPSA) is 103 Å². The van der Waals surface area contributed by atoms with E-state index < -0.39 is 17.2 Å². The number of carbonyl (C=O) groups excluding carboxylic acids is 2. The molecule has 0 spiro atoms. The van der Waals surface area contributed by atoms with Gasteiger partial charge in [0.2, 0.25) is 5.91 Å². The van der Waals surface area contributed by atoms with Gasteiger partial charge in [0.1, 0.15) is 0 Å². The molecule has 2 rings (SSSR count). The molecule has 156 valence electrons. The van der Waals surface area contributed by atoms with Crippen molar-refractivity contribution < 1.29 is 9.59 Å². The highest BCUT2D eigenvalue weighted by molar-refractivity contribution is 8.00. The van der Waals surface area contributed by atoms with Crippen LogP contribution >= 0.6 is 11.8 Å². The van der Waals surface area contributed by atoms with Crippen molar-refractivity contribution in [1.29, 1.82) is 0 Å². The second-order valence-corrected chi connectivity index (χ2v) is 9.28. The van der Waals surface area contributed by atoms with Gasteiger partial charge < -0.3 is 5.73 Å². The van der Waals surface area contributed by atoms with Gasteiger partial charge in [-0.3, -0.25) is 14.7 Å². The van der Waals surface area contributed by atoms with E-state index in [2.05, 4.69) is 55.0 Å². The minimum absolute atomic E-state index is 0.0391. The van der Waals surface area contributed by atoms with E-state index in [1.54, 1.807) is 6.08 Å². The second kappa shape index (κ2) is 9.26. The monoisotopic (exact) mass is 415 g/mol. The van der Waals surface area contributed by atoms with Crippen LogP contribution in [0.3, 0.4) is 0 Å². The predicted molar refractivity (Wildman–Crippen MR) is 117 cm³/mol. The maximum absolute atomic E-state index is 12.4. The fraction of sp³-hybridized carbons (Fsp3) is 0.429. The van der Waals surface area contributed by atoms with E-state index in [0.717, 1.165) is 5.56 Å². The van der Waals surface area contributed by atoms with E-state index >= 15 is 0 Å². The number of imide groups is 1. The molecule has 0 bridgehead atoms. The number of carbonyl (C=O) groups is 2. The number of nitrogens with zero attached hydrogens (tertiary/aromatic N) is 3. The molecule has 1 atom stereocenters. The van der Waals surface area contributed by atoms with Gasteiger partial charge in [0, 0.05) is 12.1 Å². The third-order valence-electron chi connectivity index (χ3n) is 4.38. The molecular formula is C21H29N5O2S. The molecule has 3 N–H and O–H groups in total. The molecule has 0 aliphatic carbocycles. The molecule has 0 unspecified atom stereocenters. The first kappa shape index (κ1) is 22.7. The average Bonchev–Trinajstić information content (AvgIpc) is 3.01. The molecule has 0 aliphatic rings. The van der Waals surface area contributed by atoms with Crippen LogP contribution < -0.4 is 11.1 Å². The van der Waals surface area contributed by atoms with E-state index in [9.17, 15) is 9.59 Å². The highest BCUT2D eigenvalue weighted by Crippen LogP contribution is 2.31. The average molecular weight is 416 g/mol. The normalized spacial score (nSPS) is 12.6. The van der Waals surface area contributed by atoms with Gasteiger partial charge in [-0.25, -0.2) is 4.79 Å². The number of rotatable bonds is 7. The summed E-state index contributed by atoms with van der Waals surface area (Å²) in [7, 11) is 0. The summed E-state index contributed by atoms with van der Waals surface area (Å²) in [6, 6.07) is 7.36. The Morgan fingerprint density at radius 1 is 1.24 bits per heavy atom. The first-order chi connectivity index (χ1) is 13.5. The lowest BCUT2D eigenvalue weighted by Gasteiger charge is -2.19. The molecule has 0 saturated heterocycles. The number of benzene rings is 1. The Hall–Kier alpha value is -2.61. The molecule has 1 aromatic carbocycles. The number of nitrogens with one attached hydrogen (secondary N) is 1. The van der Waals surface area contributed by atoms with Crippen molar-refractivity contribution in [1.82, 2.24) is 20.1 Å². The Morgan fingerprint density at radius 3 is 2.34 bits per heavy atom. The number of nitrogens with two attached hydrogens (primary N) is 1. The molecule has 1 aromatic heterocycles. The highest BCUT2D eigenvalue weighted by Gasteiger charge is 2.27. The maximum atomic E-state index is 12.4. The van der Waals surface area contributed by atoms with Crippen molar-refractivity contribution in [2.75, 3.05) is 0 Å². The van der Waals surface area contributed by atoms with Gasteiger partial charge >= 0.3 is 6.03 Å². The smallest absolute Gasteiger partial charge is 0.318 e. The summed E-state index contributed by atoms with van der Waals surface area (Å²) in [5.74, 6) is 0.218. The van der Waals surface area contributed by atoms with Crippen molar-refractivity contribution in [3.63, 3.8) is 0 Å². The molecular weight excluding hydrogens is 386 g/mol. The van der Waals surface area contributed by atoms with Gasteiger partial charge in [-0.05, 0) is 16.9 Å². The predicted octanol–water partition coefficient (Wildman–Crippen LogP) is 3.74. The molecule has 1 heterocycles. The molecule has 29 heavy (non-hydrogen) atoms. The van der Waals surface area contributed by atoms with Crippen molar-refractivity contribution in [2.45, 2.75) is 57.0 Å². The Morgan fingerprint density at radius 2 is 1.86 bits per heavy atom. The van der Waals surface area contributed by atoms with Crippen molar-refractivity contribution >= 4 is 23.7 Å². The first-order valence-corrected chi connectivity index (χ1v) is 10.3. The zero-order valence-electron chi connectivity index (χ0n) is 17.6. The summed E-state index contributed by atoms with van der Waals surface area (Å²) < 4.78 is 1.91. The van der Waals surface area contributed by atoms with E-state index in [4.69, 9.17) is 5.73 Å². The Bertz CT molecular complexity index is 881. The van der Waals surface area contributed by atoms with Gasteiger partial charge in [-0.15, -0.1) is 16.8 Å². The zero-order chi connectivity index (χ0) is 21.8. The van der Waals surface area contributed by atoms with Crippen molar-refractivity contribution in [3.05, 3.63) is 42.5 Å². The summed E-state index contributed by atoms with van der Waals surface area (Å²) >= 11 is 1.26. The van der Waals surface area contributed by atoms with Crippen LogP contribution in [0.2, 0.25) is 0 Å². The number of primary amides is 1. The summed E-state index contributed by atoms with van der Waals surface area (Å²) in [5, 5.41) is 10.9. The van der Waals surface area contributed by atoms with Crippen LogP contribution in [0.1, 0.15) is 40.2 Å². The van der Waals surface area contributed by atoms with Gasteiger partial charge in [0.25, 0.3) is 0 Å². The van der Waals surface area contributed by atoms with Crippen LogP contribution in [0.25, 0.3) is 11.4 Å². The van der Waals surface area contributed by atoms with Crippen LogP contribution in [-0.2, 0) is 16.8 Å².